The lowest BCUT2D eigenvalue weighted by molar-refractivity contribution is 0.895. The van der Waals surface area contributed by atoms with E-state index in [1.165, 1.54) is 5.56 Å². The highest BCUT2D eigenvalue weighted by Crippen LogP contribution is 2.27. The summed E-state index contributed by atoms with van der Waals surface area (Å²) < 4.78 is 0. The van der Waals surface area contributed by atoms with Crippen molar-refractivity contribution in [3.05, 3.63) is 102 Å². The molecule has 25 heavy (non-hydrogen) atoms. The van der Waals surface area contributed by atoms with Crippen LogP contribution in [0.1, 0.15) is 23.0 Å². The number of hydrogen-bond acceptors (Lipinski definition) is 3. The number of nitrogens with zero attached hydrogens (tertiary/aromatic N) is 2. The summed E-state index contributed by atoms with van der Waals surface area (Å²) in [7, 11) is 0. The standard InChI is InChI=1S/C22H19N3/c1-16-15-19(13-14-23-16)24-22(18-8-3-2-4-9-18)21-12-11-17-7-5-6-10-20(17)25-21/h2-15,22H,1H3,(H,23,24). The summed E-state index contributed by atoms with van der Waals surface area (Å²) in [6.45, 7) is 2.00. The number of hydrogen-bond donors (Lipinski definition) is 1. The summed E-state index contributed by atoms with van der Waals surface area (Å²) in [5, 5.41) is 4.77. The Morgan fingerprint density at radius 1 is 0.840 bits per heavy atom. The maximum atomic E-state index is 4.89. The van der Waals surface area contributed by atoms with Gasteiger partial charge in [0.15, 0.2) is 0 Å². The van der Waals surface area contributed by atoms with Crippen LogP contribution in [0.15, 0.2) is 85.1 Å². The predicted molar refractivity (Wildman–Crippen MR) is 103 cm³/mol. The molecule has 0 spiro atoms. The van der Waals surface area contributed by atoms with Gasteiger partial charge in [0, 0.05) is 23.0 Å². The van der Waals surface area contributed by atoms with E-state index >= 15 is 0 Å². The molecular formula is C22H19N3. The molecule has 2 heterocycles. The number of aryl methyl sites for hydroxylation is 1. The number of benzene rings is 2. The first-order chi connectivity index (χ1) is 12.3. The lowest BCUT2D eigenvalue weighted by atomic mass is 10.0. The summed E-state index contributed by atoms with van der Waals surface area (Å²) in [6, 6.07) is 26.9. The third kappa shape index (κ3) is 3.36. The van der Waals surface area contributed by atoms with Gasteiger partial charge in [0.2, 0.25) is 0 Å². The minimum Gasteiger partial charge on any atom is -0.373 e. The number of nitrogens with one attached hydrogen (secondary N) is 1. The topological polar surface area (TPSA) is 37.8 Å². The van der Waals surface area contributed by atoms with Crippen LogP contribution in [0.2, 0.25) is 0 Å². The average Bonchev–Trinajstić information content (AvgIpc) is 2.66. The molecule has 1 unspecified atom stereocenters. The molecule has 3 nitrogen and oxygen atoms in total. The first-order valence-electron chi connectivity index (χ1n) is 8.39. The maximum absolute atomic E-state index is 4.89. The van der Waals surface area contributed by atoms with Gasteiger partial charge in [0.05, 0.1) is 17.3 Å². The number of pyridine rings is 2. The molecule has 0 aliphatic carbocycles. The quantitative estimate of drug-likeness (QED) is 0.564. The third-order valence-corrected chi connectivity index (χ3v) is 4.26. The first kappa shape index (κ1) is 15.3. The molecule has 0 aliphatic heterocycles. The van der Waals surface area contributed by atoms with Gasteiger partial charge < -0.3 is 5.32 Å². The Kier molecular flexibility index (Phi) is 4.13. The summed E-state index contributed by atoms with van der Waals surface area (Å²) in [5.41, 5.74) is 5.22. The van der Waals surface area contributed by atoms with Gasteiger partial charge >= 0.3 is 0 Å². The van der Waals surface area contributed by atoms with Crippen molar-refractivity contribution in [3.63, 3.8) is 0 Å². The SMILES string of the molecule is Cc1cc(NC(c2ccccc2)c2ccc3ccccc3n2)ccn1. The number of anilines is 1. The largest absolute Gasteiger partial charge is 0.373 e. The van der Waals surface area contributed by atoms with Crippen molar-refractivity contribution in [1.29, 1.82) is 0 Å². The van der Waals surface area contributed by atoms with Crippen molar-refractivity contribution < 1.29 is 0 Å². The molecule has 0 amide bonds. The monoisotopic (exact) mass is 325 g/mol. The van der Waals surface area contributed by atoms with E-state index in [2.05, 4.69) is 64.9 Å². The van der Waals surface area contributed by atoms with Crippen molar-refractivity contribution in [2.45, 2.75) is 13.0 Å². The Morgan fingerprint density at radius 2 is 1.64 bits per heavy atom. The Balaban J connectivity index is 1.78. The third-order valence-electron chi connectivity index (χ3n) is 4.26. The minimum atomic E-state index is -0.0207. The predicted octanol–water partition coefficient (Wildman–Crippen LogP) is 5.14. The van der Waals surface area contributed by atoms with Crippen LogP contribution in [-0.4, -0.2) is 9.97 Å². The zero-order chi connectivity index (χ0) is 17.1. The van der Waals surface area contributed by atoms with Crippen LogP contribution in [0.3, 0.4) is 0 Å². The molecule has 3 heteroatoms. The fourth-order valence-electron chi connectivity index (χ4n) is 3.02. The zero-order valence-electron chi connectivity index (χ0n) is 14.1. The van der Waals surface area contributed by atoms with Gasteiger partial charge in [-0.25, -0.2) is 0 Å². The second-order valence-electron chi connectivity index (χ2n) is 6.10. The molecular weight excluding hydrogens is 306 g/mol. The maximum Gasteiger partial charge on any atom is 0.0940 e. The highest BCUT2D eigenvalue weighted by molar-refractivity contribution is 5.78. The molecule has 0 saturated heterocycles. The highest BCUT2D eigenvalue weighted by Gasteiger charge is 2.16. The van der Waals surface area contributed by atoms with Crippen LogP contribution in [0.4, 0.5) is 5.69 Å². The van der Waals surface area contributed by atoms with Crippen LogP contribution < -0.4 is 5.32 Å². The van der Waals surface area contributed by atoms with E-state index in [1.807, 2.05) is 37.4 Å². The van der Waals surface area contributed by atoms with E-state index in [4.69, 9.17) is 4.98 Å². The van der Waals surface area contributed by atoms with Gasteiger partial charge in [-0.1, -0.05) is 54.6 Å². The molecule has 0 aliphatic rings. The van der Waals surface area contributed by atoms with Crippen LogP contribution >= 0.6 is 0 Å². The van der Waals surface area contributed by atoms with Crippen molar-refractivity contribution >= 4 is 16.6 Å². The molecule has 2 aromatic heterocycles. The van der Waals surface area contributed by atoms with Crippen molar-refractivity contribution in [2.24, 2.45) is 0 Å². The molecule has 4 aromatic rings. The normalized spacial score (nSPS) is 12.0. The molecule has 1 atom stereocenters. The summed E-state index contributed by atoms with van der Waals surface area (Å²) >= 11 is 0. The molecule has 4 rings (SSSR count). The summed E-state index contributed by atoms with van der Waals surface area (Å²) in [6.07, 6.45) is 1.83. The summed E-state index contributed by atoms with van der Waals surface area (Å²) in [4.78, 5) is 9.17. The van der Waals surface area contributed by atoms with Crippen LogP contribution in [-0.2, 0) is 0 Å². The van der Waals surface area contributed by atoms with Gasteiger partial charge in [-0.3, -0.25) is 9.97 Å². The van der Waals surface area contributed by atoms with Crippen molar-refractivity contribution in [1.82, 2.24) is 9.97 Å². The average molecular weight is 325 g/mol. The summed E-state index contributed by atoms with van der Waals surface area (Å²) in [5.74, 6) is 0. The zero-order valence-corrected chi connectivity index (χ0v) is 14.1. The Hall–Kier alpha value is -3.20. The number of rotatable bonds is 4. The molecule has 1 N–H and O–H groups in total. The molecule has 0 saturated carbocycles. The lowest BCUT2D eigenvalue weighted by Gasteiger charge is -2.20. The Bertz CT molecular complexity index is 996. The van der Waals surface area contributed by atoms with Gasteiger partial charge in [-0.05, 0) is 36.8 Å². The van der Waals surface area contributed by atoms with Crippen molar-refractivity contribution in [3.8, 4) is 0 Å². The number of fused-ring (bicyclic) bond motifs is 1. The van der Waals surface area contributed by atoms with Crippen molar-refractivity contribution in [2.75, 3.05) is 5.32 Å². The van der Waals surface area contributed by atoms with Gasteiger partial charge in [-0.2, -0.15) is 0 Å². The molecule has 2 aromatic carbocycles. The van der Waals surface area contributed by atoms with E-state index in [1.54, 1.807) is 0 Å². The van der Waals surface area contributed by atoms with Gasteiger partial charge in [0.1, 0.15) is 0 Å². The number of aromatic nitrogens is 2. The molecule has 0 radical (unpaired) electrons. The van der Waals surface area contributed by atoms with Crippen LogP contribution in [0.5, 0.6) is 0 Å². The Labute approximate surface area is 147 Å². The number of para-hydroxylation sites is 1. The van der Waals surface area contributed by atoms with Crippen LogP contribution in [0, 0.1) is 6.92 Å². The Morgan fingerprint density at radius 3 is 2.48 bits per heavy atom. The van der Waals surface area contributed by atoms with E-state index < -0.39 is 0 Å². The second kappa shape index (κ2) is 6.73. The van der Waals surface area contributed by atoms with Crippen LogP contribution in [0.25, 0.3) is 10.9 Å². The van der Waals surface area contributed by atoms with E-state index in [0.717, 1.165) is 28.0 Å². The smallest absolute Gasteiger partial charge is 0.0940 e. The molecule has 0 bridgehead atoms. The van der Waals surface area contributed by atoms with E-state index in [0.29, 0.717) is 0 Å². The lowest BCUT2D eigenvalue weighted by Crippen LogP contribution is -2.14. The van der Waals surface area contributed by atoms with Gasteiger partial charge in [-0.15, -0.1) is 0 Å². The molecule has 0 fully saturated rings. The fraction of sp³-hybridized carbons (Fsp3) is 0.0909. The molecule has 122 valence electrons. The second-order valence-corrected chi connectivity index (χ2v) is 6.10. The first-order valence-corrected chi connectivity index (χ1v) is 8.39. The highest BCUT2D eigenvalue weighted by atomic mass is 15.0. The van der Waals surface area contributed by atoms with Gasteiger partial charge in [0.25, 0.3) is 0 Å². The van der Waals surface area contributed by atoms with E-state index in [9.17, 15) is 0 Å². The van der Waals surface area contributed by atoms with E-state index in [-0.39, 0.29) is 6.04 Å². The minimum absolute atomic E-state index is 0.0207. The fourth-order valence-corrected chi connectivity index (χ4v) is 3.02.